The van der Waals surface area contributed by atoms with E-state index in [2.05, 4.69) is 15.5 Å². The highest BCUT2D eigenvalue weighted by Crippen LogP contribution is 2.41. The van der Waals surface area contributed by atoms with Crippen molar-refractivity contribution in [3.05, 3.63) is 32.0 Å². The van der Waals surface area contributed by atoms with Gasteiger partial charge < -0.3 is 15.0 Å². The third-order valence-electron chi connectivity index (χ3n) is 6.73. The largest absolute Gasteiger partial charge is 0.378 e. The number of aryl methyl sites for hydroxylation is 2. The van der Waals surface area contributed by atoms with Crippen LogP contribution in [-0.2, 0) is 37.0 Å². The Morgan fingerprint density at radius 1 is 0.938 bits per heavy atom. The SMILES string of the molecule is CC(=O)c1c(NC(=O)NCc2c(N3CCOCC3)sc3c2CCCC3)sc2c1CCCC2. The van der Waals surface area contributed by atoms with Gasteiger partial charge in [-0.1, -0.05) is 0 Å². The first-order valence-electron chi connectivity index (χ1n) is 11.8. The summed E-state index contributed by atoms with van der Waals surface area (Å²) in [5.74, 6) is 0.0428. The maximum absolute atomic E-state index is 12.9. The van der Waals surface area contributed by atoms with Crippen LogP contribution < -0.4 is 15.5 Å². The lowest BCUT2D eigenvalue weighted by Gasteiger charge is -2.29. The number of morpholine rings is 1. The van der Waals surface area contributed by atoms with Crippen LogP contribution in [0.15, 0.2) is 0 Å². The number of nitrogens with one attached hydrogen (secondary N) is 2. The van der Waals surface area contributed by atoms with Gasteiger partial charge in [-0.15, -0.1) is 22.7 Å². The Balaban J connectivity index is 1.33. The quantitative estimate of drug-likeness (QED) is 0.604. The van der Waals surface area contributed by atoms with Gasteiger partial charge in [-0.25, -0.2) is 4.79 Å². The maximum atomic E-state index is 12.9. The van der Waals surface area contributed by atoms with Gasteiger partial charge in [0.15, 0.2) is 5.78 Å². The van der Waals surface area contributed by atoms with E-state index in [0.717, 1.165) is 76.0 Å². The summed E-state index contributed by atoms with van der Waals surface area (Å²) in [6.07, 6.45) is 8.93. The number of hydrogen-bond acceptors (Lipinski definition) is 6. The van der Waals surface area contributed by atoms with Crippen LogP contribution in [-0.4, -0.2) is 38.1 Å². The molecule has 2 amide bonds. The third-order valence-corrected chi connectivity index (χ3v) is 9.34. The summed E-state index contributed by atoms with van der Waals surface area (Å²) in [6.45, 7) is 5.44. The number of anilines is 2. The number of urea groups is 1. The van der Waals surface area contributed by atoms with Crippen LogP contribution in [0.2, 0.25) is 0 Å². The van der Waals surface area contributed by atoms with Gasteiger partial charge in [0.25, 0.3) is 0 Å². The zero-order chi connectivity index (χ0) is 22.1. The average molecular weight is 474 g/mol. The molecule has 5 rings (SSSR count). The first-order chi connectivity index (χ1) is 15.6. The Labute approximate surface area is 197 Å². The molecule has 0 saturated carbocycles. The Morgan fingerprint density at radius 2 is 1.59 bits per heavy atom. The van der Waals surface area contributed by atoms with Crippen LogP contribution in [0.4, 0.5) is 14.8 Å². The van der Waals surface area contributed by atoms with Crippen molar-refractivity contribution >= 4 is 44.5 Å². The number of Topliss-reactive ketones (excluding diaryl/α,β-unsaturated/α-hetero) is 1. The molecule has 2 aromatic heterocycles. The lowest BCUT2D eigenvalue weighted by Crippen LogP contribution is -2.37. The molecule has 3 aliphatic rings. The fraction of sp³-hybridized carbons (Fsp3) is 0.583. The monoisotopic (exact) mass is 473 g/mol. The van der Waals surface area contributed by atoms with Gasteiger partial charge in [0.2, 0.25) is 0 Å². The second kappa shape index (κ2) is 9.53. The normalized spacial score (nSPS) is 18.1. The Hall–Kier alpha value is -1.90. The minimum Gasteiger partial charge on any atom is -0.378 e. The highest BCUT2D eigenvalue weighted by atomic mass is 32.1. The molecule has 0 unspecified atom stereocenters. The zero-order valence-electron chi connectivity index (χ0n) is 18.7. The minimum atomic E-state index is -0.227. The highest BCUT2D eigenvalue weighted by Gasteiger charge is 2.27. The van der Waals surface area contributed by atoms with Crippen molar-refractivity contribution in [2.24, 2.45) is 0 Å². The van der Waals surface area contributed by atoms with Gasteiger partial charge in [-0.05, 0) is 69.4 Å². The number of amides is 2. The molecule has 2 aromatic rings. The topological polar surface area (TPSA) is 70.7 Å². The van der Waals surface area contributed by atoms with E-state index in [-0.39, 0.29) is 11.8 Å². The molecule has 0 aromatic carbocycles. The Bertz CT molecular complexity index is 1020. The van der Waals surface area contributed by atoms with E-state index in [9.17, 15) is 9.59 Å². The number of ether oxygens (including phenoxy) is 1. The molecule has 0 radical (unpaired) electrons. The second-order valence-electron chi connectivity index (χ2n) is 8.87. The summed E-state index contributed by atoms with van der Waals surface area (Å²) in [5.41, 5.74) is 4.60. The molecule has 2 aliphatic carbocycles. The zero-order valence-corrected chi connectivity index (χ0v) is 20.3. The Kier molecular flexibility index (Phi) is 6.53. The van der Waals surface area contributed by atoms with Crippen LogP contribution in [0.1, 0.15) is 69.4 Å². The molecule has 0 bridgehead atoms. The number of ketones is 1. The number of rotatable bonds is 5. The van der Waals surface area contributed by atoms with E-state index in [1.165, 1.54) is 38.7 Å². The van der Waals surface area contributed by atoms with Crippen molar-refractivity contribution in [2.75, 3.05) is 36.5 Å². The predicted molar refractivity (Wildman–Crippen MR) is 131 cm³/mol. The van der Waals surface area contributed by atoms with Gasteiger partial charge in [0.1, 0.15) is 5.00 Å². The summed E-state index contributed by atoms with van der Waals surface area (Å²) < 4.78 is 5.55. The van der Waals surface area contributed by atoms with Crippen LogP contribution in [0.5, 0.6) is 0 Å². The number of fused-ring (bicyclic) bond motifs is 2. The van der Waals surface area contributed by atoms with E-state index in [0.29, 0.717) is 11.5 Å². The average Bonchev–Trinajstić information content (AvgIpc) is 3.36. The summed E-state index contributed by atoms with van der Waals surface area (Å²) >= 11 is 3.48. The molecule has 172 valence electrons. The molecule has 32 heavy (non-hydrogen) atoms. The molecule has 6 nitrogen and oxygen atoms in total. The van der Waals surface area contributed by atoms with Gasteiger partial charge in [0.05, 0.1) is 23.8 Å². The summed E-state index contributed by atoms with van der Waals surface area (Å²) in [5, 5.41) is 8.12. The van der Waals surface area contributed by atoms with E-state index < -0.39 is 0 Å². The summed E-state index contributed by atoms with van der Waals surface area (Å²) in [7, 11) is 0. The molecule has 3 heterocycles. The van der Waals surface area contributed by atoms with E-state index in [1.54, 1.807) is 18.3 Å². The van der Waals surface area contributed by atoms with Gasteiger partial charge in [-0.2, -0.15) is 0 Å². The van der Waals surface area contributed by atoms with Gasteiger partial charge in [-0.3, -0.25) is 10.1 Å². The fourth-order valence-electron chi connectivity index (χ4n) is 5.16. The maximum Gasteiger partial charge on any atom is 0.320 e. The third kappa shape index (κ3) is 4.32. The molecule has 0 spiro atoms. The molecule has 1 fully saturated rings. The summed E-state index contributed by atoms with van der Waals surface area (Å²) in [4.78, 5) is 30.4. The molecular weight excluding hydrogens is 442 g/mol. The standard InChI is InChI=1S/C24H31N3O3S2/c1-15(28)21-17-7-3-5-9-20(17)31-22(21)26-24(29)25-14-18-16-6-2-4-8-19(16)32-23(18)27-10-12-30-13-11-27/h2-14H2,1H3,(H2,25,26,29). The lowest BCUT2D eigenvalue weighted by atomic mass is 9.94. The second-order valence-corrected chi connectivity index (χ2v) is 11.1. The van der Waals surface area contributed by atoms with Crippen molar-refractivity contribution in [1.29, 1.82) is 0 Å². The van der Waals surface area contributed by atoms with Crippen molar-refractivity contribution in [3.8, 4) is 0 Å². The van der Waals surface area contributed by atoms with Crippen molar-refractivity contribution in [2.45, 2.75) is 64.8 Å². The Morgan fingerprint density at radius 3 is 2.31 bits per heavy atom. The molecule has 1 aliphatic heterocycles. The van der Waals surface area contributed by atoms with Crippen LogP contribution >= 0.6 is 22.7 Å². The molecule has 0 atom stereocenters. The summed E-state index contributed by atoms with van der Waals surface area (Å²) in [6, 6.07) is -0.227. The van der Waals surface area contributed by atoms with Crippen LogP contribution in [0.25, 0.3) is 0 Å². The number of hydrogen-bond donors (Lipinski definition) is 2. The van der Waals surface area contributed by atoms with Gasteiger partial charge in [0, 0.05) is 35.0 Å². The predicted octanol–water partition coefficient (Wildman–Crippen LogP) is 4.93. The van der Waals surface area contributed by atoms with Crippen LogP contribution in [0.3, 0.4) is 0 Å². The van der Waals surface area contributed by atoms with Crippen molar-refractivity contribution in [3.63, 3.8) is 0 Å². The molecule has 1 saturated heterocycles. The number of nitrogens with zero attached hydrogens (tertiary/aromatic N) is 1. The van der Waals surface area contributed by atoms with E-state index in [1.807, 2.05) is 11.3 Å². The molecule has 8 heteroatoms. The number of thiophene rings is 2. The minimum absolute atomic E-state index is 0.0428. The van der Waals surface area contributed by atoms with Crippen molar-refractivity contribution in [1.82, 2.24) is 5.32 Å². The number of carbonyl (C=O) groups excluding carboxylic acids is 2. The number of carbonyl (C=O) groups is 2. The highest BCUT2D eigenvalue weighted by molar-refractivity contribution is 7.17. The first kappa shape index (κ1) is 21.9. The van der Waals surface area contributed by atoms with E-state index in [4.69, 9.17) is 4.74 Å². The fourth-order valence-corrected chi connectivity index (χ4v) is 7.95. The lowest BCUT2D eigenvalue weighted by molar-refractivity contribution is 0.101. The first-order valence-corrected chi connectivity index (χ1v) is 13.4. The molecule has 2 N–H and O–H groups in total. The van der Waals surface area contributed by atoms with Gasteiger partial charge >= 0.3 is 6.03 Å². The smallest absolute Gasteiger partial charge is 0.320 e. The van der Waals surface area contributed by atoms with Crippen molar-refractivity contribution < 1.29 is 14.3 Å². The van der Waals surface area contributed by atoms with Crippen LogP contribution in [0, 0.1) is 0 Å². The van der Waals surface area contributed by atoms with E-state index >= 15 is 0 Å². The molecular formula is C24H31N3O3S2.